The van der Waals surface area contributed by atoms with E-state index in [9.17, 15) is 19.8 Å². The molecule has 0 bridgehead atoms. The van der Waals surface area contributed by atoms with E-state index in [-0.39, 0.29) is 44.4 Å². The number of aliphatic hydroxyl groups is 2. The van der Waals surface area contributed by atoms with Crippen molar-refractivity contribution in [3.8, 4) is 11.1 Å². The summed E-state index contributed by atoms with van der Waals surface area (Å²) < 4.78 is 18.4. The second-order valence-corrected chi connectivity index (χ2v) is 14.3. The first-order valence-electron chi connectivity index (χ1n) is 18.2. The highest BCUT2D eigenvalue weighted by molar-refractivity contribution is 6.30. The number of esters is 1. The minimum Gasteiger partial charge on any atom is -0.465 e. The first kappa shape index (κ1) is 38.4. The number of rotatable bonds is 12. The predicted molar refractivity (Wildman–Crippen MR) is 203 cm³/mol. The van der Waals surface area contributed by atoms with Gasteiger partial charge in [0.05, 0.1) is 31.0 Å². The number of ether oxygens (including phenoxy) is 3. The number of hydrogen-bond donors (Lipinski definition) is 4. The maximum Gasteiger partial charge on any atom is 0.325 e. The van der Waals surface area contributed by atoms with Crippen molar-refractivity contribution < 1.29 is 34.0 Å². The van der Waals surface area contributed by atoms with Crippen molar-refractivity contribution in [2.24, 2.45) is 5.92 Å². The summed E-state index contributed by atoms with van der Waals surface area (Å²) in [6, 6.07) is 31.0. The molecule has 0 spiro atoms. The van der Waals surface area contributed by atoms with Crippen LogP contribution in [0.5, 0.6) is 0 Å². The molecule has 53 heavy (non-hydrogen) atoms. The Hall–Kier alpha value is -4.29. The zero-order valence-corrected chi connectivity index (χ0v) is 30.9. The van der Waals surface area contributed by atoms with Gasteiger partial charge in [-0.25, -0.2) is 4.79 Å². The van der Waals surface area contributed by atoms with Crippen molar-refractivity contribution >= 4 is 23.6 Å². The summed E-state index contributed by atoms with van der Waals surface area (Å²) in [5, 5.41) is 27.1. The van der Waals surface area contributed by atoms with Gasteiger partial charge in [-0.1, -0.05) is 91.3 Å². The summed E-state index contributed by atoms with van der Waals surface area (Å²) >= 11 is 6.11. The molecule has 280 valence electrons. The molecule has 4 N–H and O–H groups in total. The molecule has 2 aliphatic rings. The second-order valence-electron chi connectivity index (χ2n) is 13.8. The molecule has 0 saturated carbocycles. The maximum absolute atomic E-state index is 12.2. The molecule has 2 saturated heterocycles. The standard InChI is InChI=1S/C42H48ClN3O7/c1-3-51-38(48)25-45-41(49)44-24-30-6-4-7-32(22-30)33-8-5-9-34(23-33)40-52-37(28(2)39(53-40)31-12-10-29(27-47)11-13-31)26-46-20-18-42(50,19-21-46)35-14-16-36(43)17-15-35/h4-17,22-23,28,37,39-40,47,50H,3,18-21,24-27H2,1-2H3,(H2,44,45,49). The van der Waals surface area contributed by atoms with E-state index in [1.807, 2.05) is 91.0 Å². The average molecular weight is 742 g/mol. The summed E-state index contributed by atoms with van der Waals surface area (Å²) in [7, 11) is 0. The van der Waals surface area contributed by atoms with Crippen LogP contribution in [0.3, 0.4) is 0 Å². The highest BCUT2D eigenvalue weighted by Crippen LogP contribution is 2.43. The quantitative estimate of drug-likeness (QED) is 0.119. The topological polar surface area (TPSA) is 130 Å². The van der Waals surface area contributed by atoms with Gasteiger partial charge < -0.3 is 40.0 Å². The third-order valence-corrected chi connectivity index (χ3v) is 10.4. The highest BCUT2D eigenvalue weighted by atomic mass is 35.5. The van der Waals surface area contributed by atoms with Gasteiger partial charge in [0.25, 0.3) is 0 Å². The van der Waals surface area contributed by atoms with Gasteiger partial charge in [-0.05, 0) is 77.4 Å². The molecule has 2 fully saturated rings. The summed E-state index contributed by atoms with van der Waals surface area (Å²) in [6.07, 6.45) is 0.163. The number of halogens is 1. The van der Waals surface area contributed by atoms with E-state index in [0.717, 1.165) is 52.0 Å². The van der Waals surface area contributed by atoms with Crippen molar-refractivity contribution in [2.45, 2.75) is 63.9 Å². The Morgan fingerprint density at radius 2 is 1.58 bits per heavy atom. The van der Waals surface area contributed by atoms with E-state index in [0.29, 0.717) is 24.4 Å². The van der Waals surface area contributed by atoms with Gasteiger partial charge in [0, 0.05) is 42.7 Å². The molecule has 0 aromatic heterocycles. The van der Waals surface area contributed by atoms with Crippen LogP contribution in [0.25, 0.3) is 11.1 Å². The van der Waals surface area contributed by atoms with Crippen molar-refractivity contribution in [3.63, 3.8) is 0 Å². The molecule has 10 nitrogen and oxygen atoms in total. The molecule has 2 aliphatic heterocycles. The minimum atomic E-state index is -0.896. The fourth-order valence-corrected chi connectivity index (χ4v) is 7.20. The largest absolute Gasteiger partial charge is 0.465 e. The molecule has 4 unspecified atom stereocenters. The lowest BCUT2D eigenvalue weighted by atomic mass is 9.84. The number of piperidine rings is 1. The van der Waals surface area contributed by atoms with E-state index in [4.69, 9.17) is 25.8 Å². The molecule has 0 aliphatic carbocycles. The molecular weight excluding hydrogens is 694 g/mol. The monoisotopic (exact) mass is 741 g/mol. The number of carbonyl (C=O) groups excluding carboxylic acids is 2. The van der Waals surface area contributed by atoms with Crippen LogP contribution in [-0.2, 0) is 37.8 Å². The Morgan fingerprint density at radius 3 is 2.28 bits per heavy atom. The van der Waals surface area contributed by atoms with Crippen LogP contribution >= 0.6 is 11.6 Å². The number of hydrogen-bond acceptors (Lipinski definition) is 8. The van der Waals surface area contributed by atoms with Gasteiger partial charge in [0.1, 0.15) is 6.54 Å². The third-order valence-electron chi connectivity index (χ3n) is 10.2. The van der Waals surface area contributed by atoms with Gasteiger partial charge in [0.2, 0.25) is 0 Å². The molecule has 0 radical (unpaired) electrons. The summed E-state index contributed by atoms with van der Waals surface area (Å²) in [5.41, 5.74) is 5.57. The SMILES string of the molecule is CCOC(=O)CNC(=O)NCc1cccc(-c2cccc(C3OC(CN4CCC(O)(c5ccc(Cl)cc5)CC4)C(C)C(c4ccc(CO)cc4)O3)c2)c1. The van der Waals surface area contributed by atoms with Crippen LogP contribution in [0, 0.1) is 5.92 Å². The molecule has 11 heteroatoms. The molecule has 6 rings (SSSR count). The number of urea groups is 1. The van der Waals surface area contributed by atoms with Crippen LogP contribution in [-0.4, -0.2) is 66.0 Å². The van der Waals surface area contributed by atoms with Crippen molar-refractivity contribution in [1.29, 1.82) is 0 Å². The number of nitrogens with one attached hydrogen (secondary N) is 2. The lowest BCUT2D eigenvalue weighted by Gasteiger charge is -2.45. The number of carbonyl (C=O) groups is 2. The van der Waals surface area contributed by atoms with E-state index < -0.39 is 23.9 Å². The number of nitrogens with zero attached hydrogens (tertiary/aromatic N) is 1. The van der Waals surface area contributed by atoms with E-state index in [1.165, 1.54) is 0 Å². The van der Waals surface area contributed by atoms with Crippen LogP contribution in [0.2, 0.25) is 5.02 Å². The Labute approximate surface area is 316 Å². The van der Waals surface area contributed by atoms with E-state index in [1.54, 1.807) is 6.92 Å². The number of likely N-dealkylation sites (tertiary alicyclic amines) is 1. The van der Waals surface area contributed by atoms with Gasteiger partial charge in [-0.15, -0.1) is 0 Å². The number of benzene rings is 4. The van der Waals surface area contributed by atoms with Crippen LogP contribution in [0.1, 0.15) is 66.9 Å². The third kappa shape index (κ3) is 9.83. The fourth-order valence-electron chi connectivity index (χ4n) is 7.07. The average Bonchev–Trinajstić information content (AvgIpc) is 3.18. The Bertz CT molecular complexity index is 1830. The zero-order chi connectivity index (χ0) is 37.4. The summed E-state index contributed by atoms with van der Waals surface area (Å²) in [6.45, 7) is 6.31. The smallest absolute Gasteiger partial charge is 0.325 e. The first-order valence-corrected chi connectivity index (χ1v) is 18.6. The van der Waals surface area contributed by atoms with E-state index in [2.05, 4.69) is 28.5 Å². The Morgan fingerprint density at radius 1 is 0.887 bits per heavy atom. The Balaban J connectivity index is 1.17. The van der Waals surface area contributed by atoms with Crippen molar-refractivity contribution in [2.75, 3.05) is 32.8 Å². The molecule has 2 heterocycles. The molecule has 4 aromatic rings. The van der Waals surface area contributed by atoms with Gasteiger partial charge in [0.15, 0.2) is 6.29 Å². The molecule has 4 aromatic carbocycles. The van der Waals surface area contributed by atoms with Gasteiger partial charge >= 0.3 is 12.0 Å². The van der Waals surface area contributed by atoms with E-state index >= 15 is 0 Å². The second kappa shape index (κ2) is 17.7. The minimum absolute atomic E-state index is 0.0187. The molecule has 4 atom stereocenters. The van der Waals surface area contributed by atoms with Crippen LogP contribution in [0.15, 0.2) is 97.1 Å². The highest BCUT2D eigenvalue weighted by Gasteiger charge is 2.41. The van der Waals surface area contributed by atoms with Crippen LogP contribution < -0.4 is 10.6 Å². The van der Waals surface area contributed by atoms with Crippen molar-refractivity contribution in [3.05, 3.63) is 130 Å². The summed E-state index contributed by atoms with van der Waals surface area (Å²) in [5.74, 6) is -0.471. The van der Waals surface area contributed by atoms with Gasteiger partial charge in [-0.2, -0.15) is 0 Å². The molecule has 2 amide bonds. The summed E-state index contributed by atoms with van der Waals surface area (Å²) in [4.78, 5) is 26.2. The lowest BCUT2D eigenvalue weighted by molar-refractivity contribution is -0.277. The van der Waals surface area contributed by atoms with Gasteiger partial charge in [-0.3, -0.25) is 4.79 Å². The number of amides is 2. The zero-order valence-electron chi connectivity index (χ0n) is 30.2. The maximum atomic E-state index is 12.2. The van der Waals surface area contributed by atoms with Crippen LogP contribution in [0.4, 0.5) is 4.79 Å². The molecular formula is C42H48ClN3O7. The van der Waals surface area contributed by atoms with Crippen molar-refractivity contribution in [1.82, 2.24) is 15.5 Å². The lowest BCUT2D eigenvalue weighted by Crippen LogP contribution is -2.49. The normalized spacial score (nSPS) is 21.5. The first-order chi connectivity index (χ1) is 25.6. The number of aliphatic hydroxyl groups excluding tert-OH is 1. The predicted octanol–water partition coefficient (Wildman–Crippen LogP) is 6.64. The Kier molecular flexibility index (Phi) is 12.8. The fraction of sp³-hybridized carbons (Fsp3) is 0.381.